The Morgan fingerprint density at radius 2 is 2.12 bits per heavy atom. The van der Waals surface area contributed by atoms with Crippen molar-refractivity contribution in [1.82, 2.24) is 20.0 Å². The van der Waals surface area contributed by atoms with Gasteiger partial charge in [-0.05, 0) is 31.0 Å². The van der Waals surface area contributed by atoms with Crippen LogP contribution in [0.5, 0.6) is 0 Å². The van der Waals surface area contributed by atoms with Crippen molar-refractivity contribution >= 4 is 17.6 Å². The molecule has 1 atom stereocenters. The van der Waals surface area contributed by atoms with Crippen LogP contribution >= 0.6 is 0 Å². The highest BCUT2D eigenvalue weighted by molar-refractivity contribution is 6.01. The highest BCUT2D eigenvalue weighted by Crippen LogP contribution is 2.23. The van der Waals surface area contributed by atoms with Crippen LogP contribution in [0.25, 0.3) is 0 Å². The van der Waals surface area contributed by atoms with Gasteiger partial charge in [-0.15, -0.1) is 0 Å². The topological polar surface area (TPSA) is 70.5 Å². The number of aromatic nitrogens is 2. The van der Waals surface area contributed by atoms with E-state index < -0.39 is 6.04 Å². The Bertz CT molecular complexity index is 702. The van der Waals surface area contributed by atoms with Gasteiger partial charge < -0.3 is 15.1 Å². The molecule has 1 saturated heterocycles. The molecule has 3 rings (SSSR count). The normalized spacial score (nSPS) is 16.9. The molecule has 1 aromatic heterocycles. The molecule has 0 radical (unpaired) electrons. The first-order chi connectivity index (χ1) is 12.2. The summed E-state index contributed by atoms with van der Waals surface area (Å²) in [5.41, 5.74) is 0.878. The fourth-order valence-corrected chi connectivity index (χ4v) is 3.02. The monoisotopic (exact) mass is 341 g/mol. The van der Waals surface area contributed by atoms with Crippen LogP contribution in [0.4, 0.5) is 10.5 Å². The van der Waals surface area contributed by atoms with Gasteiger partial charge in [-0.25, -0.2) is 4.79 Å². The second-order valence-electron chi connectivity index (χ2n) is 6.10. The van der Waals surface area contributed by atoms with E-state index in [1.54, 1.807) is 18.1 Å². The zero-order chi connectivity index (χ0) is 17.6. The number of nitrogens with zero attached hydrogens (tertiary/aromatic N) is 4. The predicted octanol–water partition coefficient (Wildman–Crippen LogP) is 1.72. The first-order valence-corrected chi connectivity index (χ1v) is 8.51. The summed E-state index contributed by atoms with van der Waals surface area (Å²) in [6, 6.07) is 10.8. The maximum atomic E-state index is 12.6. The Balaban J connectivity index is 1.48. The average molecular weight is 341 g/mol. The van der Waals surface area contributed by atoms with E-state index in [0.29, 0.717) is 19.5 Å². The van der Waals surface area contributed by atoms with Crippen LogP contribution in [0, 0.1) is 0 Å². The second-order valence-corrected chi connectivity index (χ2v) is 6.10. The Kier molecular flexibility index (Phi) is 5.33. The maximum absolute atomic E-state index is 12.6. The third kappa shape index (κ3) is 3.99. The molecular formula is C18H23N5O2. The Morgan fingerprint density at radius 3 is 2.84 bits per heavy atom. The number of nitrogens with one attached hydrogen (secondary N) is 1. The molecule has 2 heterocycles. The van der Waals surface area contributed by atoms with Crippen LogP contribution < -0.4 is 10.2 Å². The van der Waals surface area contributed by atoms with Crippen molar-refractivity contribution in [3.05, 3.63) is 48.8 Å². The summed E-state index contributed by atoms with van der Waals surface area (Å²) in [5, 5.41) is 6.99. The van der Waals surface area contributed by atoms with Crippen molar-refractivity contribution in [2.75, 3.05) is 25.0 Å². The van der Waals surface area contributed by atoms with E-state index in [2.05, 4.69) is 10.4 Å². The lowest BCUT2D eigenvalue weighted by Gasteiger charge is -2.24. The van der Waals surface area contributed by atoms with Gasteiger partial charge in [-0.2, -0.15) is 5.10 Å². The predicted molar refractivity (Wildman–Crippen MR) is 95.2 cm³/mol. The van der Waals surface area contributed by atoms with Crippen molar-refractivity contribution in [2.45, 2.75) is 25.4 Å². The molecule has 2 aromatic rings. The van der Waals surface area contributed by atoms with Crippen LogP contribution in [0.1, 0.15) is 12.8 Å². The molecule has 0 unspecified atom stereocenters. The number of carbonyl (C=O) groups is 2. The number of anilines is 1. The van der Waals surface area contributed by atoms with Crippen molar-refractivity contribution in [2.24, 2.45) is 0 Å². The molecule has 0 saturated carbocycles. The van der Waals surface area contributed by atoms with Gasteiger partial charge in [0.2, 0.25) is 5.91 Å². The van der Waals surface area contributed by atoms with E-state index in [4.69, 9.17) is 0 Å². The van der Waals surface area contributed by atoms with Crippen molar-refractivity contribution in [1.29, 1.82) is 0 Å². The molecule has 132 valence electrons. The second kappa shape index (κ2) is 7.83. The number of hydrogen-bond acceptors (Lipinski definition) is 3. The SMILES string of the molecule is CN(C(=O)NCCCn1cccn1)[C@H]1CCN(c2ccccc2)C1=O. The number of benzene rings is 1. The van der Waals surface area contributed by atoms with Crippen LogP contribution in [-0.4, -0.2) is 52.8 Å². The first-order valence-electron chi connectivity index (χ1n) is 8.51. The molecule has 7 heteroatoms. The van der Waals surface area contributed by atoms with Crippen LogP contribution in [0.2, 0.25) is 0 Å². The third-order valence-electron chi connectivity index (χ3n) is 4.43. The Morgan fingerprint density at radius 1 is 1.32 bits per heavy atom. The molecule has 1 fully saturated rings. The van der Waals surface area contributed by atoms with Gasteiger partial charge >= 0.3 is 6.03 Å². The zero-order valence-electron chi connectivity index (χ0n) is 14.3. The van der Waals surface area contributed by atoms with Gasteiger partial charge in [-0.1, -0.05) is 18.2 Å². The summed E-state index contributed by atoms with van der Waals surface area (Å²) in [5.74, 6) is -0.0274. The van der Waals surface area contributed by atoms with Gasteiger partial charge in [0.1, 0.15) is 6.04 Å². The van der Waals surface area contributed by atoms with E-state index in [0.717, 1.165) is 18.7 Å². The molecule has 0 bridgehead atoms. The van der Waals surface area contributed by atoms with Gasteiger partial charge in [0.15, 0.2) is 0 Å². The molecule has 1 aliphatic heterocycles. The van der Waals surface area contributed by atoms with E-state index in [1.807, 2.05) is 47.3 Å². The van der Waals surface area contributed by atoms with E-state index in [-0.39, 0.29) is 11.9 Å². The van der Waals surface area contributed by atoms with Crippen molar-refractivity contribution < 1.29 is 9.59 Å². The van der Waals surface area contributed by atoms with E-state index in [9.17, 15) is 9.59 Å². The maximum Gasteiger partial charge on any atom is 0.317 e. The fraction of sp³-hybridized carbons (Fsp3) is 0.389. The summed E-state index contributed by atoms with van der Waals surface area (Å²) < 4.78 is 1.83. The standard InChI is InChI=1S/C18H23N5O2/c1-21(18(25)19-10-5-12-22-13-6-11-20-22)16-9-14-23(17(16)24)15-7-3-2-4-8-15/h2-4,6-8,11,13,16H,5,9-10,12,14H2,1H3,(H,19,25)/t16-/m0/s1. The lowest BCUT2D eigenvalue weighted by Crippen LogP contribution is -2.47. The highest BCUT2D eigenvalue weighted by atomic mass is 16.2. The number of likely N-dealkylation sites (N-methyl/N-ethyl adjacent to an activating group) is 1. The summed E-state index contributed by atoms with van der Waals surface area (Å²) in [7, 11) is 1.68. The van der Waals surface area contributed by atoms with Gasteiger partial charge in [-0.3, -0.25) is 9.48 Å². The molecule has 1 N–H and O–H groups in total. The summed E-state index contributed by atoms with van der Waals surface area (Å²) in [4.78, 5) is 28.2. The molecule has 1 aliphatic rings. The smallest absolute Gasteiger partial charge is 0.317 e. The molecule has 0 spiro atoms. The number of aryl methyl sites for hydroxylation is 1. The molecule has 1 aromatic carbocycles. The highest BCUT2D eigenvalue weighted by Gasteiger charge is 2.37. The van der Waals surface area contributed by atoms with Gasteiger partial charge in [0, 0.05) is 44.8 Å². The van der Waals surface area contributed by atoms with Crippen molar-refractivity contribution in [3.63, 3.8) is 0 Å². The third-order valence-corrected chi connectivity index (χ3v) is 4.43. The van der Waals surface area contributed by atoms with Crippen LogP contribution in [-0.2, 0) is 11.3 Å². The Labute approximate surface area is 147 Å². The fourth-order valence-electron chi connectivity index (χ4n) is 3.02. The number of amides is 3. The minimum Gasteiger partial charge on any atom is -0.338 e. The molecular weight excluding hydrogens is 318 g/mol. The number of hydrogen-bond donors (Lipinski definition) is 1. The molecule has 0 aliphatic carbocycles. The number of carbonyl (C=O) groups excluding carboxylic acids is 2. The number of urea groups is 1. The minimum atomic E-state index is -0.411. The molecule has 7 nitrogen and oxygen atoms in total. The van der Waals surface area contributed by atoms with E-state index in [1.165, 1.54) is 4.90 Å². The minimum absolute atomic E-state index is 0.0274. The number of rotatable bonds is 6. The van der Waals surface area contributed by atoms with Crippen LogP contribution in [0.3, 0.4) is 0 Å². The quantitative estimate of drug-likeness (QED) is 0.813. The molecule has 25 heavy (non-hydrogen) atoms. The summed E-state index contributed by atoms with van der Waals surface area (Å²) in [6.07, 6.45) is 5.06. The first kappa shape index (κ1) is 17.0. The largest absolute Gasteiger partial charge is 0.338 e. The van der Waals surface area contributed by atoms with Crippen LogP contribution in [0.15, 0.2) is 48.8 Å². The van der Waals surface area contributed by atoms with E-state index >= 15 is 0 Å². The Hall–Kier alpha value is -2.83. The van der Waals surface area contributed by atoms with Gasteiger partial charge in [0.25, 0.3) is 0 Å². The molecule has 3 amide bonds. The summed E-state index contributed by atoms with van der Waals surface area (Å²) >= 11 is 0. The lowest BCUT2D eigenvalue weighted by molar-refractivity contribution is -0.120. The average Bonchev–Trinajstić information content (AvgIpc) is 3.28. The zero-order valence-corrected chi connectivity index (χ0v) is 14.3. The van der Waals surface area contributed by atoms with Gasteiger partial charge in [0.05, 0.1) is 0 Å². The van der Waals surface area contributed by atoms with Crippen molar-refractivity contribution in [3.8, 4) is 0 Å². The summed E-state index contributed by atoms with van der Waals surface area (Å²) in [6.45, 7) is 1.93. The number of para-hydroxylation sites is 1. The lowest BCUT2D eigenvalue weighted by atomic mass is 10.2.